The van der Waals surface area contributed by atoms with Gasteiger partial charge in [0.15, 0.2) is 0 Å². The van der Waals surface area contributed by atoms with E-state index in [9.17, 15) is 4.79 Å². The molecule has 3 aliphatic rings. The summed E-state index contributed by atoms with van der Waals surface area (Å²) in [5.74, 6) is 0.719. The van der Waals surface area contributed by atoms with Gasteiger partial charge in [-0.2, -0.15) is 5.26 Å². The zero-order valence-electron chi connectivity index (χ0n) is 15.9. The van der Waals surface area contributed by atoms with Crippen molar-refractivity contribution in [1.82, 2.24) is 5.32 Å². The summed E-state index contributed by atoms with van der Waals surface area (Å²) in [6, 6.07) is 15.0. The maximum absolute atomic E-state index is 12.7. The lowest BCUT2D eigenvalue weighted by Crippen LogP contribution is -2.60. The summed E-state index contributed by atoms with van der Waals surface area (Å²) in [4.78, 5) is 12.7. The van der Waals surface area contributed by atoms with Crippen LogP contribution in [0, 0.1) is 18.3 Å². The summed E-state index contributed by atoms with van der Waals surface area (Å²) in [7, 11) is 0. The van der Waals surface area contributed by atoms with Gasteiger partial charge >= 0.3 is 0 Å². The number of carbonyl (C=O) groups is 1. The third-order valence-corrected chi connectivity index (χ3v) is 6.58. The monoisotopic (exact) mass is 394 g/mol. The first-order valence-electron chi connectivity index (χ1n) is 9.71. The highest BCUT2D eigenvalue weighted by atomic mass is 35.5. The van der Waals surface area contributed by atoms with E-state index in [1.54, 1.807) is 12.1 Å². The Kier molecular flexibility index (Phi) is 4.81. The van der Waals surface area contributed by atoms with Crippen molar-refractivity contribution in [1.29, 1.82) is 5.26 Å². The fraction of sp³-hybridized carbons (Fsp3) is 0.391. The van der Waals surface area contributed by atoms with Gasteiger partial charge in [0.25, 0.3) is 5.91 Å². The van der Waals surface area contributed by atoms with E-state index in [4.69, 9.17) is 21.6 Å². The van der Waals surface area contributed by atoms with Crippen LogP contribution in [0.5, 0.6) is 5.75 Å². The molecule has 0 unspecified atom stereocenters. The fourth-order valence-corrected chi connectivity index (χ4v) is 4.62. The number of nitrogens with one attached hydrogen (secondary N) is 1. The van der Waals surface area contributed by atoms with Crippen LogP contribution in [0.2, 0.25) is 5.02 Å². The summed E-state index contributed by atoms with van der Waals surface area (Å²) in [6.07, 6.45) is 5.44. The van der Waals surface area contributed by atoms with Crippen LogP contribution >= 0.6 is 11.6 Å². The van der Waals surface area contributed by atoms with Gasteiger partial charge in [0, 0.05) is 17.2 Å². The van der Waals surface area contributed by atoms with Crippen LogP contribution in [0.25, 0.3) is 0 Å². The number of rotatable bonds is 4. The predicted molar refractivity (Wildman–Crippen MR) is 109 cm³/mol. The standard InChI is InChI=1S/C23H23ClN2O2/c1-16-2-4-17(5-3-16)21(27)26-22-8-11-23(12-9-22,13-10-22)28-19-7-6-18(15-25)20(24)14-19/h2-7,14H,8-13H2,1H3,(H,26,27). The average molecular weight is 395 g/mol. The van der Waals surface area contributed by atoms with E-state index in [1.165, 1.54) is 0 Å². The molecule has 1 amide bonds. The van der Waals surface area contributed by atoms with Crippen molar-refractivity contribution in [2.75, 3.05) is 0 Å². The Morgan fingerprint density at radius 1 is 1.07 bits per heavy atom. The quantitative estimate of drug-likeness (QED) is 0.777. The molecule has 5 rings (SSSR count). The minimum Gasteiger partial charge on any atom is -0.487 e. The molecule has 5 heteroatoms. The van der Waals surface area contributed by atoms with Gasteiger partial charge < -0.3 is 10.1 Å². The maximum atomic E-state index is 12.7. The molecule has 2 bridgehead atoms. The molecule has 2 aromatic rings. The minimum atomic E-state index is -0.201. The Morgan fingerprint density at radius 3 is 2.29 bits per heavy atom. The number of nitrogens with zero attached hydrogens (tertiary/aromatic N) is 1. The summed E-state index contributed by atoms with van der Waals surface area (Å²) >= 11 is 6.14. The van der Waals surface area contributed by atoms with Crippen LogP contribution in [0.1, 0.15) is 60.0 Å². The van der Waals surface area contributed by atoms with Gasteiger partial charge in [0.2, 0.25) is 0 Å². The highest BCUT2D eigenvalue weighted by molar-refractivity contribution is 6.31. The second kappa shape index (κ2) is 7.14. The third-order valence-electron chi connectivity index (χ3n) is 6.27. The molecule has 0 radical (unpaired) electrons. The lowest BCUT2D eigenvalue weighted by atomic mass is 9.63. The van der Waals surface area contributed by atoms with E-state index in [-0.39, 0.29) is 17.0 Å². The van der Waals surface area contributed by atoms with Gasteiger partial charge in [-0.05, 0) is 69.7 Å². The Hall–Kier alpha value is -2.51. The molecule has 0 heterocycles. The second-order valence-electron chi connectivity index (χ2n) is 8.14. The normalized spacial score (nSPS) is 25.8. The van der Waals surface area contributed by atoms with Crippen molar-refractivity contribution in [3.8, 4) is 11.8 Å². The van der Waals surface area contributed by atoms with Gasteiger partial charge in [-0.1, -0.05) is 29.3 Å². The smallest absolute Gasteiger partial charge is 0.251 e. The second-order valence-corrected chi connectivity index (χ2v) is 8.55. The van der Waals surface area contributed by atoms with Crippen molar-refractivity contribution in [3.05, 3.63) is 64.2 Å². The SMILES string of the molecule is Cc1ccc(C(=O)NC23CCC(Oc4ccc(C#N)c(Cl)c4)(CC2)CC3)cc1. The summed E-state index contributed by atoms with van der Waals surface area (Å²) < 4.78 is 6.35. The molecule has 0 saturated heterocycles. The zero-order valence-corrected chi connectivity index (χ0v) is 16.7. The van der Waals surface area contributed by atoms with Crippen molar-refractivity contribution in [2.45, 2.75) is 56.6 Å². The number of fused-ring (bicyclic) bond motifs is 3. The molecular formula is C23H23ClN2O2. The van der Waals surface area contributed by atoms with Crippen molar-refractivity contribution >= 4 is 17.5 Å². The molecule has 1 N–H and O–H groups in total. The summed E-state index contributed by atoms with van der Waals surface area (Å²) in [6.45, 7) is 2.02. The van der Waals surface area contributed by atoms with E-state index in [0.29, 0.717) is 21.9 Å². The molecule has 144 valence electrons. The van der Waals surface area contributed by atoms with E-state index in [0.717, 1.165) is 44.1 Å². The molecule has 3 fully saturated rings. The minimum absolute atomic E-state index is 0.00851. The highest BCUT2D eigenvalue weighted by Gasteiger charge is 2.50. The molecule has 0 aromatic heterocycles. The number of nitriles is 1. The summed E-state index contributed by atoms with van der Waals surface area (Å²) in [5, 5.41) is 12.7. The van der Waals surface area contributed by atoms with E-state index in [2.05, 4.69) is 11.4 Å². The van der Waals surface area contributed by atoms with Crippen LogP contribution in [0.3, 0.4) is 0 Å². The first-order valence-corrected chi connectivity index (χ1v) is 10.1. The molecule has 3 saturated carbocycles. The van der Waals surface area contributed by atoms with Crippen LogP contribution in [-0.4, -0.2) is 17.0 Å². The maximum Gasteiger partial charge on any atom is 0.251 e. The lowest BCUT2D eigenvalue weighted by molar-refractivity contribution is -0.0507. The van der Waals surface area contributed by atoms with Crippen LogP contribution < -0.4 is 10.1 Å². The highest BCUT2D eigenvalue weighted by Crippen LogP contribution is 2.49. The number of benzene rings is 2. The molecule has 4 nitrogen and oxygen atoms in total. The largest absolute Gasteiger partial charge is 0.487 e. The fourth-order valence-electron chi connectivity index (χ4n) is 4.41. The Labute approximate surface area is 170 Å². The van der Waals surface area contributed by atoms with Crippen LogP contribution in [-0.2, 0) is 0 Å². The Bertz CT molecular complexity index is 922. The van der Waals surface area contributed by atoms with Crippen molar-refractivity contribution in [2.24, 2.45) is 0 Å². The third kappa shape index (κ3) is 3.59. The first-order chi connectivity index (χ1) is 13.4. The lowest BCUT2D eigenvalue weighted by Gasteiger charge is -2.53. The van der Waals surface area contributed by atoms with E-state index in [1.807, 2.05) is 37.3 Å². The summed E-state index contributed by atoms with van der Waals surface area (Å²) in [5.41, 5.74) is 1.99. The number of ether oxygens (including phenoxy) is 1. The number of amides is 1. The topological polar surface area (TPSA) is 62.1 Å². The number of hydrogen-bond donors (Lipinski definition) is 1. The molecular weight excluding hydrogens is 372 g/mol. The zero-order chi connectivity index (χ0) is 19.8. The number of aryl methyl sites for hydroxylation is 1. The predicted octanol–water partition coefficient (Wildman–Crippen LogP) is 5.17. The molecule has 0 spiro atoms. The number of hydrogen-bond acceptors (Lipinski definition) is 3. The van der Waals surface area contributed by atoms with Crippen LogP contribution in [0.4, 0.5) is 0 Å². The van der Waals surface area contributed by atoms with Gasteiger partial charge in [0.05, 0.1) is 10.6 Å². The Balaban J connectivity index is 1.42. The molecule has 0 atom stereocenters. The van der Waals surface area contributed by atoms with E-state index >= 15 is 0 Å². The van der Waals surface area contributed by atoms with Gasteiger partial charge in [-0.15, -0.1) is 0 Å². The van der Waals surface area contributed by atoms with Gasteiger partial charge in [0.1, 0.15) is 17.4 Å². The molecule has 28 heavy (non-hydrogen) atoms. The van der Waals surface area contributed by atoms with Crippen LogP contribution in [0.15, 0.2) is 42.5 Å². The Morgan fingerprint density at radius 2 is 1.71 bits per heavy atom. The number of halogens is 1. The van der Waals surface area contributed by atoms with Gasteiger partial charge in [-0.3, -0.25) is 4.79 Å². The van der Waals surface area contributed by atoms with Crippen molar-refractivity contribution in [3.63, 3.8) is 0 Å². The molecule has 0 aliphatic heterocycles. The average Bonchev–Trinajstić information content (AvgIpc) is 2.70. The number of carbonyl (C=O) groups excluding carboxylic acids is 1. The van der Waals surface area contributed by atoms with Gasteiger partial charge in [-0.25, -0.2) is 0 Å². The molecule has 3 aliphatic carbocycles. The van der Waals surface area contributed by atoms with Crippen molar-refractivity contribution < 1.29 is 9.53 Å². The molecule has 2 aromatic carbocycles. The van der Waals surface area contributed by atoms with E-state index < -0.39 is 0 Å². The first kappa shape index (κ1) is 18.8.